The number of nitrogens with zero attached hydrogens (tertiary/aromatic N) is 1. The number of nitriles is 1. The molecular weight excluding hydrogens is 316 g/mol. The van der Waals surface area contributed by atoms with Crippen LogP contribution in [0, 0.1) is 14.9 Å². The highest BCUT2D eigenvalue weighted by Crippen LogP contribution is 2.27. The number of halogens is 2. The molecule has 0 heterocycles. The fourth-order valence-electron chi connectivity index (χ4n) is 1.03. The Bertz CT molecular complexity index is 426. The number of benzene rings is 1. The normalized spacial score (nSPS) is 9.29. The van der Waals surface area contributed by atoms with Crippen molar-refractivity contribution in [3.05, 3.63) is 26.8 Å². The van der Waals surface area contributed by atoms with Gasteiger partial charge in [0.25, 0.3) is 5.24 Å². The largest absolute Gasteiger partial charge is 0.495 e. The average Bonchev–Trinajstić information content (AvgIpc) is 2.16. The SMILES string of the molecule is COc1ccc(I)c(C(=O)Cl)c1C#N. The number of carbonyl (C=O) groups is 1. The van der Waals surface area contributed by atoms with Gasteiger partial charge in [0.05, 0.1) is 12.7 Å². The zero-order valence-corrected chi connectivity index (χ0v) is 10.1. The zero-order valence-electron chi connectivity index (χ0n) is 7.17. The first-order chi connectivity index (χ1) is 6.61. The van der Waals surface area contributed by atoms with Gasteiger partial charge in [-0.25, -0.2) is 0 Å². The van der Waals surface area contributed by atoms with Crippen LogP contribution < -0.4 is 4.74 Å². The molecule has 3 nitrogen and oxygen atoms in total. The summed E-state index contributed by atoms with van der Waals surface area (Å²) in [6, 6.07) is 5.21. The van der Waals surface area contributed by atoms with Crippen molar-refractivity contribution in [3.8, 4) is 11.8 Å². The molecule has 1 aromatic rings. The Morgan fingerprint density at radius 1 is 1.64 bits per heavy atom. The maximum Gasteiger partial charge on any atom is 0.254 e. The van der Waals surface area contributed by atoms with Crippen LogP contribution in [0.15, 0.2) is 12.1 Å². The van der Waals surface area contributed by atoms with Crippen LogP contribution in [-0.4, -0.2) is 12.4 Å². The Morgan fingerprint density at radius 2 is 2.29 bits per heavy atom. The van der Waals surface area contributed by atoms with Gasteiger partial charge in [-0.15, -0.1) is 0 Å². The van der Waals surface area contributed by atoms with Crippen LogP contribution in [0.25, 0.3) is 0 Å². The van der Waals surface area contributed by atoms with Crippen LogP contribution in [0.3, 0.4) is 0 Å². The molecule has 5 heteroatoms. The van der Waals surface area contributed by atoms with E-state index in [9.17, 15) is 4.79 Å². The topological polar surface area (TPSA) is 50.1 Å². The Balaban J connectivity index is 3.53. The first-order valence-electron chi connectivity index (χ1n) is 3.58. The lowest BCUT2D eigenvalue weighted by molar-refractivity contribution is 0.108. The summed E-state index contributed by atoms with van der Waals surface area (Å²) in [6.07, 6.45) is 0. The molecule has 0 saturated carbocycles. The van der Waals surface area contributed by atoms with Crippen LogP contribution in [0.1, 0.15) is 15.9 Å². The number of hydrogen-bond donors (Lipinski definition) is 0. The fraction of sp³-hybridized carbons (Fsp3) is 0.111. The lowest BCUT2D eigenvalue weighted by Crippen LogP contribution is -2.00. The third-order valence-electron chi connectivity index (χ3n) is 1.64. The molecule has 0 bridgehead atoms. The summed E-state index contributed by atoms with van der Waals surface area (Å²) >= 11 is 7.32. The van der Waals surface area contributed by atoms with Gasteiger partial charge in [0.2, 0.25) is 0 Å². The molecule has 0 aliphatic carbocycles. The van der Waals surface area contributed by atoms with E-state index in [1.54, 1.807) is 12.1 Å². The third-order valence-corrected chi connectivity index (χ3v) is 2.73. The molecule has 0 aromatic heterocycles. The Morgan fingerprint density at radius 3 is 2.71 bits per heavy atom. The van der Waals surface area contributed by atoms with Crippen molar-refractivity contribution in [1.82, 2.24) is 0 Å². The van der Waals surface area contributed by atoms with Gasteiger partial charge >= 0.3 is 0 Å². The van der Waals surface area contributed by atoms with Crippen LogP contribution in [0.2, 0.25) is 0 Å². The summed E-state index contributed by atoms with van der Waals surface area (Å²) in [4.78, 5) is 11.1. The van der Waals surface area contributed by atoms with Crippen LogP contribution in [-0.2, 0) is 0 Å². The van der Waals surface area contributed by atoms with E-state index < -0.39 is 5.24 Å². The van der Waals surface area contributed by atoms with Gasteiger partial charge in [-0.2, -0.15) is 5.26 Å². The van der Waals surface area contributed by atoms with Crippen molar-refractivity contribution in [2.45, 2.75) is 0 Å². The summed E-state index contributed by atoms with van der Waals surface area (Å²) in [6.45, 7) is 0. The summed E-state index contributed by atoms with van der Waals surface area (Å²) in [5, 5.41) is 8.21. The minimum absolute atomic E-state index is 0.180. The van der Waals surface area contributed by atoms with E-state index in [1.165, 1.54) is 7.11 Å². The standard InChI is InChI=1S/C9H5ClINO2/c1-14-7-3-2-6(11)8(9(10)13)5(7)4-12/h2-3H,1H3. The molecule has 0 aliphatic rings. The first kappa shape index (κ1) is 11.3. The van der Waals surface area contributed by atoms with Gasteiger partial charge in [-0.1, -0.05) is 0 Å². The number of methoxy groups -OCH3 is 1. The lowest BCUT2D eigenvalue weighted by Gasteiger charge is -2.06. The monoisotopic (exact) mass is 321 g/mol. The second kappa shape index (κ2) is 4.62. The minimum atomic E-state index is -0.648. The first-order valence-corrected chi connectivity index (χ1v) is 5.04. The van der Waals surface area contributed by atoms with E-state index >= 15 is 0 Å². The molecule has 0 atom stereocenters. The molecule has 1 rings (SSSR count). The van der Waals surface area contributed by atoms with Crippen LogP contribution in [0.4, 0.5) is 0 Å². The molecule has 0 fully saturated rings. The fourth-order valence-corrected chi connectivity index (χ4v) is 2.08. The summed E-state index contributed by atoms with van der Waals surface area (Å²) in [5.41, 5.74) is 0.383. The number of hydrogen-bond acceptors (Lipinski definition) is 3. The maximum atomic E-state index is 11.1. The maximum absolute atomic E-state index is 11.1. The van der Waals surface area contributed by atoms with E-state index in [-0.39, 0.29) is 11.1 Å². The molecule has 72 valence electrons. The minimum Gasteiger partial charge on any atom is -0.495 e. The van der Waals surface area contributed by atoms with Crippen molar-refractivity contribution >= 4 is 39.4 Å². The molecule has 0 N–H and O–H groups in total. The van der Waals surface area contributed by atoms with Crippen molar-refractivity contribution in [3.63, 3.8) is 0 Å². The molecule has 0 spiro atoms. The third kappa shape index (κ3) is 1.99. The number of carbonyl (C=O) groups excluding carboxylic acids is 1. The Labute approximate surface area is 99.8 Å². The van der Waals surface area contributed by atoms with Gasteiger partial charge in [-0.05, 0) is 46.3 Å². The Hall–Kier alpha value is -0.800. The van der Waals surface area contributed by atoms with Gasteiger partial charge < -0.3 is 4.74 Å². The van der Waals surface area contributed by atoms with Gasteiger partial charge in [0.15, 0.2) is 0 Å². The van der Waals surface area contributed by atoms with E-state index in [0.717, 1.165) is 0 Å². The van der Waals surface area contributed by atoms with E-state index in [1.807, 2.05) is 28.7 Å². The lowest BCUT2D eigenvalue weighted by atomic mass is 10.1. The van der Waals surface area contributed by atoms with Crippen LogP contribution in [0.5, 0.6) is 5.75 Å². The van der Waals surface area contributed by atoms with Crippen molar-refractivity contribution in [1.29, 1.82) is 5.26 Å². The summed E-state index contributed by atoms with van der Waals surface area (Å²) in [5.74, 6) is 0.358. The number of rotatable bonds is 2. The number of ether oxygens (including phenoxy) is 1. The predicted octanol–water partition coefficient (Wildman–Crippen LogP) is 2.55. The summed E-state index contributed by atoms with van der Waals surface area (Å²) in [7, 11) is 1.44. The van der Waals surface area contributed by atoms with E-state index in [0.29, 0.717) is 9.32 Å². The van der Waals surface area contributed by atoms with Gasteiger partial charge in [0, 0.05) is 3.57 Å². The average molecular weight is 322 g/mol. The molecule has 0 radical (unpaired) electrons. The second-order valence-electron chi connectivity index (χ2n) is 2.39. The molecule has 0 unspecified atom stereocenters. The highest BCUT2D eigenvalue weighted by atomic mass is 127. The summed E-state index contributed by atoms with van der Waals surface area (Å²) < 4.78 is 5.58. The van der Waals surface area contributed by atoms with E-state index in [4.69, 9.17) is 21.6 Å². The highest BCUT2D eigenvalue weighted by Gasteiger charge is 2.17. The Kier molecular flexibility index (Phi) is 3.72. The van der Waals surface area contributed by atoms with Crippen molar-refractivity contribution in [2.75, 3.05) is 7.11 Å². The second-order valence-corrected chi connectivity index (χ2v) is 3.89. The predicted molar refractivity (Wildman–Crippen MR) is 60.6 cm³/mol. The van der Waals surface area contributed by atoms with Crippen molar-refractivity contribution < 1.29 is 9.53 Å². The quantitative estimate of drug-likeness (QED) is 0.621. The molecule has 0 saturated heterocycles. The van der Waals surface area contributed by atoms with Crippen LogP contribution >= 0.6 is 34.2 Å². The smallest absolute Gasteiger partial charge is 0.254 e. The van der Waals surface area contributed by atoms with Crippen molar-refractivity contribution in [2.24, 2.45) is 0 Å². The molecule has 0 amide bonds. The molecule has 14 heavy (non-hydrogen) atoms. The van der Waals surface area contributed by atoms with Gasteiger partial charge in [-0.3, -0.25) is 4.79 Å². The van der Waals surface area contributed by atoms with E-state index in [2.05, 4.69) is 0 Å². The molecular formula is C9H5ClINO2. The zero-order chi connectivity index (χ0) is 10.7. The van der Waals surface area contributed by atoms with Gasteiger partial charge in [0.1, 0.15) is 17.4 Å². The molecule has 1 aromatic carbocycles. The molecule has 0 aliphatic heterocycles. The highest BCUT2D eigenvalue weighted by molar-refractivity contribution is 14.1.